The largest absolute Gasteiger partial charge is 0.342 e. The highest BCUT2D eigenvalue weighted by molar-refractivity contribution is 5.82. The van der Waals surface area contributed by atoms with Gasteiger partial charge < -0.3 is 9.47 Å². The number of carbonyl (C=O) groups is 1. The predicted molar refractivity (Wildman–Crippen MR) is 113 cm³/mol. The Balaban J connectivity index is 1.25. The number of amides is 1. The first-order chi connectivity index (χ1) is 14.3. The Kier molecular flexibility index (Phi) is 5.08. The first kappa shape index (κ1) is 18.4. The monoisotopic (exact) mass is 391 g/mol. The smallest absolute Gasteiger partial charge is 0.225 e. The summed E-state index contributed by atoms with van der Waals surface area (Å²) in [5.41, 5.74) is 4.42. The van der Waals surface area contributed by atoms with Gasteiger partial charge in [-0.1, -0.05) is 18.9 Å². The highest BCUT2D eigenvalue weighted by Crippen LogP contribution is 2.29. The van der Waals surface area contributed by atoms with Gasteiger partial charge >= 0.3 is 0 Å². The Morgan fingerprint density at radius 3 is 2.79 bits per heavy atom. The molecule has 1 aliphatic heterocycles. The molecule has 1 amide bonds. The molecular weight excluding hydrogens is 362 g/mol. The normalized spacial score (nSPS) is 21.0. The predicted octanol–water partition coefficient (Wildman–Crippen LogP) is 4.25. The summed E-state index contributed by atoms with van der Waals surface area (Å²) < 4.78 is 2.29. The number of nitrogens with one attached hydrogen (secondary N) is 1. The molecule has 2 aromatic heterocycles. The van der Waals surface area contributed by atoms with Gasteiger partial charge in [-0.05, 0) is 55.7 Å². The summed E-state index contributed by atoms with van der Waals surface area (Å²) in [5, 5.41) is 6.90. The summed E-state index contributed by atoms with van der Waals surface area (Å²) in [7, 11) is 0. The summed E-state index contributed by atoms with van der Waals surface area (Å²) in [6.07, 6.45) is 13.7. The van der Waals surface area contributed by atoms with Crippen LogP contribution in [0.2, 0.25) is 0 Å². The summed E-state index contributed by atoms with van der Waals surface area (Å²) in [4.78, 5) is 19.6. The molecule has 0 spiro atoms. The lowest BCUT2D eigenvalue weighted by Crippen LogP contribution is -2.36. The van der Waals surface area contributed by atoms with Crippen LogP contribution in [0.4, 0.5) is 0 Å². The van der Waals surface area contributed by atoms with Crippen LogP contribution >= 0.6 is 0 Å². The van der Waals surface area contributed by atoms with Crippen LogP contribution in [-0.2, 0) is 11.3 Å². The van der Waals surface area contributed by atoms with Gasteiger partial charge in [-0.25, -0.2) is 4.98 Å². The number of aromatic amines is 1. The van der Waals surface area contributed by atoms with Crippen LogP contribution in [0.3, 0.4) is 0 Å². The van der Waals surface area contributed by atoms with E-state index in [2.05, 4.69) is 42.8 Å². The fraction of sp³-hybridized carbons (Fsp3) is 0.522. The highest BCUT2D eigenvalue weighted by Gasteiger charge is 2.29. The zero-order chi connectivity index (χ0) is 19.6. The molecule has 152 valence electrons. The minimum Gasteiger partial charge on any atom is -0.342 e. The number of rotatable bonds is 4. The molecule has 6 nitrogen and oxygen atoms in total. The fourth-order valence-electron chi connectivity index (χ4n) is 5.08. The Hall–Kier alpha value is -2.63. The summed E-state index contributed by atoms with van der Waals surface area (Å²) in [6.45, 7) is 2.83. The molecule has 2 aliphatic rings. The molecule has 1 aromatic carbocycles. The zero-order valence-electron chi connectivity index (χ0n) is 16.9. The molecule has 0 radical (unpaired) electrons. The number of likely N-dealkylation sites (tertiary alicyclic amines) is 1. The number of hydrogen-bond donors (Lipinski definition) is 1. The van der Waals surface area contributed by atoms with Gasteiger partial charge in [0, 0.05) is 37.3 Å². The second-order valence-corrected chi connectivity index (χ2v) is 8.69. The topological polar surface area (TPSA) is 66.8 Å². The quantitative estimate of drug-likeness (QED) is 0.723. The van der Waals surface area contributed by atoms with Gasteiger partial charge in [0.1, 0.15) is 0 Å². The van der Waals surface area contributed by atoms with Crippen molar-refractivity contribution in [3.63, 3.8) is 0 Å². The molecule has 1 N–H and O–H groups in total. The van der Waals surface area contributed by atoms with E-state index in [4.69, 9.17) is 0 Å². The lowest BCUT2D eigenvalue weighted by atomic mass is 10.0. The van der Waals surface area contributed by atoms with Gasteiger partial charge in [0.05, 0.1) is 23.6 Å². The van der Waals surface area contributed by atoms with Crippen LogP contribution in [0.5, 0.6) is 0 Å². The van der Waals surface area contributed by atoms with Gasteiger partial charge in [-0.15, -0.1) is 0 Å². The number of H-pyrrole nitrogens is 1. The molecule has 1 saturated carbocycles. The maximum atomic E-state index is 12.8. The second kappa shape index (κ2) is 8.01. The Labute approximate surface area is 171 Å². The van der Waals surface area contributed by atoms with Gasteiger partial charge in [0.15, 0.2) is 0 Å². The van der Waals surface area contributed by atoms with E-state index in [1.54, 1.807) is 0 Å². The molecule has 1 aliphatic carbocycles. The molecule has 3 aromatic rings. The zero-order valence-corrected chi connectivity index (χ0v) is 16.9. The number of benzene rings is 1. The summed E-state index contributed by atoms with van der Waals surface area (Å²) in [5.74, 6) is 1.32. The van der Waals surface area contributed by atoms with Crippen molar-refractivity contribution in [2.45, 2.75) is 51.5 Å². The standard InChI is InChI=1S/C23H29N5O/c29-23(18-5-1-2-6-18)27-10-3-4-17(9-11-27)15-28-16-24-21-12-19(7-8-22(21)28)20-13-25-26-14-20/h7-8,12-14,16-18H,1-6,9-11,15H2,(H,25,26). The molecule has 1 atom stereocenters. The van der Waals surface area contributed by atoms with E-state index >= 15 is 0 Å². The average Bonchev–Trinajstić information content (AvgIpc) is 3.49. The van der Waals surface area contributed by atoms with E-state index in [-0.39, 0.29) is 0 Å². The average molecular weight is 392 g/mol. The molecule has 5 rings (SSSR count). The van der Waals surface area contributed by atoms with Crippen LogP contribution in [0, 0.1) is 11.8 Å². The van der Waals surface area contributed by atoms with Crippen molar-refractivity contribution in [1.82, 2.24) is 24.6 Å². The lowest BCUT2D eigenvalue weighted by Gasteiger charge is -2.24. The second-order valence-electron chi connectivity index (χ2n) is 8.69. The van der Waals surface area contributed by atoms with Crippen LogP contribution in [0.25, 0.3) is 22.2 Å². The molecule has 2 fully saturated rings. The molecule has 1 unspecified atom stereocenters. The maximum Gasteiger partial charge on any atom is 0.225 e. The molecule has 0 bridgehead atoms. The first-order valence-electron chi connectivity index (χ1n) is 11.0. The van der Waals surface area contributed by atoms with Gasteiger partial charge in [-0.2, -0.15) is 5.10 Å². The van der Waals surface area contributed by atoms with Crippen LogP contribution in [-0.4, -0.2) is 43.6 Å². The number of imidazole rings is 1. The number of fused-ring (bicyclic) bond motifs is 1. The third-order valence-corrected chi connectivity index (χ3v) is 6.77. The van der Waals surface area contributed by atoms with Crippen molar-refractivity contribution in [2.75, 3.05) is 13.1 Å². The maximum absolute atomic E-state index is 12.8. The van der Waals surface area contributed by atoms with Crippen molar-refractivity contribution in [3.8, 4) is 11.1 Å². The Morgan fingerprint density at radius 2 is 1.97 bits per heavy atom. The van der Waals surface area contributed by atoms with Gasteiger partial charge in [0.25, 0.3) is 0 Å². The van der Waals surface area contributed by atoms with E-state index in [1.165, 1.54) is 24.8 Å². The van der Waals surface area contributed by atoms with E-state index in [1.807, 2.05) is 18.7 Å². The number of carbonyl (C=O) groups excluding carboxylic acids is 1. The van der Waals surface area contributed by atoms with Crippen molar-refractivity contribution in [1.29, 1.82) is 0 Å². The van der Waals surface area contributed by atoms with E-state index in [0.717, 1.165) is 62.0 Å². The molecule has 29 heavy (non-hydrogen) atoms. The minimum absolute atomic E-state index is 0.300. The van der Waals surface area contributed by atoms with Gasteiger partial charge in [-0.3, -0.25) is 9.89 Å². The van der Waals surface area contributed by atoms with Crippen molar-refractivity contribution < 1.29 is 4.79 Å². The van der Waals surface area contributed by atoms with Crippen molar-refractivity contribution in [2.24, 2.45) is 11.8 Å². The number of hydrogen-bond acceptors (Lipinski definition) is 3. The molecule has 1 saturated heterocycles. The number of nitrogens with zero attached hydrogens (tertiary/aromatic N) is 4. The Morgan fingerprint density at radius 1 is 1.07 bits per heavy atom. The molecule has 3 heterocycles. The van der Waals surface area contributed by atoms with Gasteiger partial charge in [0.2, 0.25) is 5.91 Å². The first-order valence-corrected chi connectivity index (χ1v) is 11.0. The fourth-order valence-corrected chi connectivity index (χ4v) is 5.08. The SMILES string of the molecule is O=C(C1CCCC1)N1CCCC(Cn2cnc3cc(-c4cn[nH]c4)ccc32)CC1. The lowest BCUT2D eigenvalue weighted by molar-refractivity contribution is -0.135. The number of aromatic nitrogens is 4. The van der Waals surface area contributed by atoms with Crippen LogP contribution < -0.4 is 0 Å². The van der Waals surface area contributed by atoms with E-state index < -0.39 is 0 Å². The van der Waals surface area contributed by atoms with E-state index in [0.29, 0.717) is 17.7 Å². The van der Waals surface area contributed by atoms with Crippen molar-refractivity contribution >= 4 is 16.9 Å². The minimum atomic E-state index is 0.300. The highest BCUT2D eigenvalue weighted by atomic mass is 16.2. The molecule has 6 heteroatoms. The molecular formula is C23H29N5O. The third-order valence-electron chi connectivity index (χ3n) is 6.77. The summed E-state index contributed by atoms with van der Waals surface area (Å²) >= 11 is 0. The van der Waals surface area contributed by atoms with Crippen molar-refractivity contribution in [3.05, 3.63) is 36.9 Å². The third kappa shape index (κ3) is 3.80. The summed E-state index contributed by atoms with van der Waals surface area (Å²) in [6, 6.07) is 6.43. The Bertz CT molecular complexity index is 970. The van der Waals surface area contributed by atoms with Crippen LogP contribution in [0.15, 0.2) is 36.9 Å². The van der Waals surface area contributed by atoms with Crippen LogP contribution in [0.1, 0.15) is 44.9 Å². The van der Waals surface area contributed by atoms with E-state index in [9.17, 15) is 4.79 Å².